The predicted octanol–water partition coefficient (Wildman–Crippen LogP) is 3.86. The summed E-state index contributed by atoms with van der Waals surface area (Å²) in [5.41, 5.74) is 1.47. The van der Waals surface area contributed by atoms with Gasteiger partial charge in [0.25, 0.3) is 0 Å². The molecule has 1 fully saturated rings. The van der Waals surface area contributed by atoms with Crippen LogP contribution < -0.4 is 0 Å². The second-order valence-corrected chi connectivity index (χ2v) is 7.77. The van der Waals surface area contributed by atoms with E-state index in [1.807, 2.05) is 4.90 Å². The first kappa shape index (κ1) is 22.2. The first-order valence-corrected chi connectivity index (χ1v) is 10.2. The highest BCUT2D eigenvalue weighted by molar-refractivity contribution is 5.61. The molecule has 31 heavy (non-hydrogen) atoms. The molecule has 0 spiro atoms. The fourth-order valence-electron chi connectivity index (χ4n) is 4.14. The predicted molar refractivity (Wildman–Crippen MR) is 116 cm³/mol. The molecule has 0 saturated heterocycles. The van der Waals surface area contributed by atoms with Crippen LogP contribution in [-0.4, -0.2) is 40.3 Å². The standard InChI is InChI=1S/C20H27N7O4/c1-14-19(26(28)29)17(23(3)21-14)10-12-25(16-8-6-5-7-9-16)13-11-18-20(27(30)31)15(2)22-24(18)4/h10-13,16H,5-9H2,1-4H3/b12-10+,13-11+. The molecule has 3 rings (SSSR count). The molecular weight excluding hydrogens is 402 g/mol. The smallest absolute Gasteiger partial charge is 0.317 e. The molecule has 2 aromatic heterocycles. The number of hydrogen-bond acceptors (Lipinski definition) is 7. The lowest BCUT2D eigenvalue weighted by Gasteiger charge is -2.30. The third-order valence-corrected chi connectivity index (χ3v) is 5.64. The number of hydrogen-bond donors (Lipinski definition) is 0. The highest BCUT2D eigenvalue weighted by Gasteiger charge is 2.24. The van der Waals surface area contributed by atoms with Gasteiger partial charge in [-0.05, 0) is 38.8 Å². The molecule has 11 nitrogen and oxygen atoms in total. The van der Waals surface area contributed by atoms with Crippen molar-refractivity contribution in [2.24, 2.45) is 14.1 Å². The second-order valence-electron chi connectivity index (χ2n) is 7.77. The van der Waals surface area contributed by atoms with Crippen molar-refractivity contribution in [3.8, 4) is 0 Å². The molecule has 1 aliphatic carbocycles. The van der Waals surface area contributed by atoms with Gasteiger partial charge in [0, 0.05) is 32.5 Å². The fraction of sp³-hybridized carbons (Fsp3) is 0.500. The van der Waals surface area contributed by atoms with Gasteiger partial charge >= 0.3 is 11.4 Å². The van der Waals surface area contributed by atoms with Crippen LogP contribution in [0.2, 0.25) is 0 Å². The molecule has 0 bridgehead atoms. The summed E-state index contributed by atoms with van der Waals surface area (Å²) >= 11 is 0. The summed E-state index contributed by atoms with van der Waals surface area (Å²) in [5, 5.41) is 31.3. The van der Waals surface area contributed by atoms with Crippen LogP contribution in [0.15, 0.2) is 12.4 Å². The van der Waals surface area contributed by atoms with Gasteiger partial charge in [0.2, 0.25) is 0 Å². The Morgan fingerprint density at radius 1 is 0.871 bits per heavy atom. The summed E-state index contributed by atoms with van der Waals surface area (Å²) in [6.07, 6.45) is 12.3. The van der Waals surface area contributed by atoms with Gasteiger partial charge < -0.3 is 4.90 Å². The first-order valence-electron chi connectivity index (χ1n) is 10.2. The molecule has 1 saturated carbocycles. The second kappa shape index (κ2) is 9.11. The van der Waals surface area contributed by atoms with E-state index in [-0.39, 0.29) is 17.4 Å². The Labute approximate surface area is 179 Å². The zero-order valence-electron chi connectivity index (χ0n) is 18.2. The molecule has 0 amide bonds. The van der Waals surface area contributed by atoms with Crippen molar-refractivity contribution in [1.82, 2.24) is 24.5 Å². The third kappa shape index (κ3) is 4.65. The van der Waals surface area contributed by atoms with Crippen molar-refractivity contribution in [3.63, 3.8) is 0 Å². The molecular formula is C20H27N7O4. The quantitative estimate of drug-likeness (QED) is 0.483. The number of nitrogens with zero attached hydrogens (tertiary/aromatic N) is 7. The summed E-state index contributed by atoms with van der Waals surface area (Å²) in [6, 6.07) is 0.211. The number of aromatic nitrogens is 4. The van der Waals surface area contributed by atoms with Gasteiger partial charge in [-0.2, -0.15) is 10.2 Å². The van der Waals surface area contributed by atoms with Crippen LogP contribution in [0.25, 0.3) is 12.2 Å². The highest BCUT2D eigenvalue weighted by Crippen LogP contribution is 2.28. The monoisotopic (exact) mass is 429 g/mol. The summed E-state index contributed by atoms with van der Waals surface area (Å²) < 4.78 is 2.98. The molecule has 2 aromatic rings. The summed E-state index contributed by atoms with van der Waals surface area (Å²) in [5.74, 6) is 0. The Morgan fingerprint density at radius 3 is 1.68 bits per heavy atom. The maximum absolute atomic E-state index is 11.5. The van der Waals surface area contributed by atoms with Gasteiger partial charge in [-0.3, -0.25) is 29.6 Å². The minimum atomic E-state index is -0.426. The number of nitro groups is 2. The zero-order valence-corrected chi connectivity index (χ0v) is 18.2. The van der Waals surface area contributed by atoms with E-state index < -0.39 is 9.85 Å². The average Bonchev–Trinajstić information content (AvgIpc) is 3.16. The van der Waals surface area contributed by atoms with E-state index in [2.05, 4.69) is 10.2 Å². The van der Waals surface area contributed by atoms with Gasteiger partial charge in [-0.25, -0.2) is 0 Å². The largest absolute Gasteiger partial charge is 0.351 e. The van der Waals surface area contributed by atoms with E-state index in [4.69, 9.17) is 0 Å². The van der Waals surface area contributed by atoms with Crippen LogP contribution in [0.1, 0.15) is 54.9 Å². The van der Waals surface area contributed by atoms with Gasteiger partial charge in [0.1, 0.15) is 22.8 Å². The Kier molecular flexibility index (Phi) is 6.52. The molecule has 0 N–H and O–H groups in total. The molecule has 1 aliphatic rings. The van der Waals surface area contributed by atoms with Crippen molar-refractivity contribution in [2.45, 2.75) is 52.0 Å². The van der Waals surface area contributed by atoms with Gasteiger partial charge in [0.15, 0.2) is 0 Å². The van der Waals surface area contributed by atoms with E-state index >= 15 is 0 Å². The van der Waals surface area contributed by atoms with Crippen molar-refractivity contribution in [1.29, 1.82) is 0 Å². The van der Waals surface area contributed by atoms with Gasteiger partial charge in [0.05, 0.1) is 9.85 Å². The highest BCUT2D eigenvalue weighted by atomic mass is 16.6. The van der Waals surface area contributed by atoms with Gasteiger partial charge in [-0.1, -0.05) is 19.3 Å². The molecule has 166 valence electrons. The van der Waals surface area contributed by atoms with E-state index in [0.29, 0.717) is 22.8 Å². The maximum Gasteiger partial charge on any atom is 0.317 e. The normalized spacial score (nSPS) is 15.2. The molecule has 0 atom stereocenters. The lowest BCUT2D eigenvalue weighted by Crippen LogP contribution is -2.28. The van der Waals surface area contributed by atoms with Crippen LogP contribution in [-0.2, 0) is 14.1 Å². The van der Waals surface area contributed by atoms with E-state index in [9.17, 15) is 20.2 Å². The minimum Gasteiger partial charge on any atom is -0.351 e. The van der Waals surface area contributed by atoms with Crippen LogP contribution in [0.4, 0.5) is 11.4 Å². The van der Waals surface area contributed by atoms with Crippen LogP contribution in [0.3, 0.4) is 0 Å². The Hall–Kier alpha value is -3.50. The third-order valence-electron chi connectivity index (χ3n) is 5.64. The molecule has 0 aliphatic heterocycles. The average molecular weight is 429 g/mol. The van der Waals surface area contributed by atoms with Crippen LogP contribution >= 0.6 is 0 Å². The first-order chi connectivity index (χ1) is 14.7. The minimum absolute atomic E-state index is 0.0239. The zero-order chi connectivity index (χ0) is 22.7. The molecule has 0 radical (unpaired) electrons. The Balaban J connectivity index is 1.98. The number of rotatable bonds is 7. The van der Waals surface area contributed by atoms with Crippen molar-refractivity contribution < 1.29 is 9.85 Å². The lowest BCUT2D eigenvalue weighted by atomic mass is 9.94. The molecule has 2 heterocycles. The fourth-order valence-corrected chi connectivity index (χ4v) is 4.14. The molecule has 0 aromatic carbocycles. The SMILES string of the molecule is Cc1nn(C)c(/C=C/N(/C=C/c2c([N+](=O)[O-])c(C)nn2C)C2CCCCC2)c1[N+](=O)[O-]. The maximum atomic E-state index is 11.5. The van der Waals surface area contributed by atoms with E-state index in [1.54, 1.807) is 52.5 Å². The Morgan fingerprint density at radius 2 is 1.29 bits per heavy atom. The number of aryl methyl sites for hydroxylation is 4. The van der Waals surface area contributed by atoms with Crippen LogP contribution in [0, 0.1) is 34.1 Å². The Bertz CT molecular complexity index is 970. The molecule has 11 heteroatoms. The van der Waals surface area contributed by atoms with E-state index in [1.165, 1.54) is 15.8 Å². The summed E-state index contributed by atoms with van der Waals surface area (Å²) in [4.78, 5) is 24.1. The topological polar surface area (TPSA) is 125 Å². The lowest BCUT2D eigenvalue weighted by molar-refractivity contribution is -0.385. The van der Waals surface area contributed by atoms with Gasteiger partial charge in [-0.15, -0.1) is 0 Å². The van der Waals surface area contributed by atoms with Crippen molar-refractivity contribution in [2.75, 3.05) is 0 Å². The summed E-state index contributed by atoms with van der Waals surface area (Å²) in [7, 11) is 3.34. The van der Waals surface area contributed by atoms with E-state index in [0.717, 1.165) is 25.7 Å². The summed E-state index contributed by atoms with van der Waals surface area (Å²) in [6.45, 7) is 3.22. The van der Waals surface area contributed by atoms with Crippen molar-refractivity contribution >= 4 is 23.5 Å². The van der Waals surface area contributed by atoms with Crippen molar-refractivity contribution in [3.05, 3.63) is 55.4 Å². The molecule has 0 unspecified atom stereocenters. The van der Waals surface area contributed by atoms with Crippen LogP contribution in [0.5, 0.6) is 0 Å².